The van der Waals surface area contributed by atoms with Crippen LogP contribution in [0.5, 0.6) is 0 Å². The van der Waals surface area contributed by atoms with Gasteiger partial charge in [0.2, 0.25) is 0 Å². The highest BCUT2D eigenvalue weighted by molar-refractivity contribution is 5.82. The predicted molar refractivity (Wildman–Crippen MR) is 178 cm³/mol. The van der Waals surface area contributed by atoms with E-state index in [1.54, 1.807) is 26.8 Å². The van der Waals surface area contributed by atoms with Gasteiger partial charge in [-0.25, -0.2) is 4.79 Å². The Morgan fingerprint density at radius 3 is 2.35 bits per heavy atom. The van der Waals surface area contributed by atoms with Gasteiger partial charge in [0, 0.05) is 17.4 Å². The molecule has 3 saturated heterocycles. The number of allylic oxidation sites excluding steroid dienone is 1. The van der Waals surface area contributed by atoms with Crippen LogP contribution in [-0.2, 0) is 28.5 Å². The summed E-state index contributed by atoms with van der Waals surface area (Å²) in [5.74, 6) is -0.638. The molecule has 276 valence electrons. The molecule has 8 fully saturated rings. The number of esters is 1. The molecule has 3 heterocycles. The monoisotopic (exact) mass is 688 g/mol. The van der Waals surface area contributed by atoms with Gasteiger partial charge in [-0.1, -0.05) is 40.7 Å². The molecule has 8 aliphatic rings. The van der Waals surface area contributed by atoms with Crippen LogP contribution in [0.25, 0.3) is 0 Å². The Bertz CT molecular complexity index is 1390. The van der Waals surface area contributed by atoms with E-state index in [4.69, 9.17) is 23.7 Å². The number of carbonyl (C=O) groups is 1. The summed E-state index contributed by atoms with van der Waals surface area (Å²) in [4.78, 5) is 12.4. The van der Waals surface area contributed by atoms with Gasteiger partial charge < -0.3 is 44.1 Å². The van der Waals surface area contributed by atoms with E-state index in [0.29, 0.717) is 17.8 Å². The fraction of sp³-hybridized carbons (Fsp3) is 0.923. The molecule has 17 unspecified atom stereocenters. The first-order valence-corrected chi connectivity index (χ1v) is 19.1. The van der Waals surface area contributed by atoms with E-state index in [1.165, 1.54) is 6.08 Å². The second kappa shape index (κ2) is 10.7. The van der Waals surface area contributed by atoms with E-state index in [1.807, 2.05) is 0 Å². The van der Waals surface area contributed by atoms with Crippen LogP contribution in [0.2, 0.25) is 0 Å². The van der Waals surface area contributed by atoms with Gasteiger partial charge in [-0.3, -0.25) is 0 Å². The number of aliphatic hydroxyl groups excluding tert-OH is 3. The van der Waals surface area contributed by atoms with Crippen molar-refractivity contribution in [2.75, 3.05) is 6.61 Å². The molecule has 0 radical (unpaired) electrons. The van der Waals surface area contributed by atoms with E-state index >= 15 is 0 Å². The molecule has 0 amide bonds. The molecule has 0 aromatic rings. The van der Waals surface area contributed by atoms with Crippen LogP contribution >= 0.6 is 0 Å². The van der Waals surface area contributed by atoms with E-state index in [9.17, 15) is 25.2 Å². The summed E-state index contributed by atoms with van der Waals surface area (Å²) in [5.41, 5.74) is -1.60. The van der Waals surface area contributed by atoms with Gasteiger partial charge in [-0.05, 0) is 112 Å². The van der Waals surface area contributed by atoms with Crippen molar-refractivity contribution in [3.05, 3.63) is 12.2 Å². The van der Waals surface area contributed by atoms with Gasteiger partial charge in [0.15, 0.2) is 18.2 Å². The third-order valence-corrected chi connectivity index (χ3v) is 16.4. The highest BCUT2D eigenvalue weighted by Crippen LogP contribution is 2.90. The maximum Gasteiger partial charge on any atom is 0.330 e. The second-order valence-electron chi connectivity index (χ2n) is 19.2. The van der Waals surface area contributed by atoms with Gasteiger partial charge in [0.25, 0.3) is 0 Å². The molecule has 10 heteroatoms. The predicted octanol–water partition coefficient (Wildman–Crippen LogP) is 4.25. The molecule has 49 heavy (non-hydrogen) atoms. The lowest BCUT2D eigenvalue weighted by Crippen LogP contribution is -2.61. The lowest BCUT2D eigenvalue weighted by Gasteiger charge is -2.63. The van der Waals surface area contributed by atoms with Crippen molar-refractivity contribution >= 4 is 5.97 Å². The average molecular weight is 689 g/mol. The molecule has 3 spiro atoms. The number of aliphatic hydroxyl groups is 4. The Labute approximate surface area is 291 Å². The zero-order chi connectivity index (χ0) is 35.3. The lowest BCUT2D eigenvalue weighted by molar-refractivity contribution is -0.305. The fourth-order valence-corrected chi connectivity index (χ4v) is 14.4. The van der Waals surface area contributed by atoms with Gasteiger partial charge in [0.05, 0.1) is 24.4 Å². The first-order chi connectivity index (χ1) is 22.8. The molecule has 10 nitrogen and oxygen atoms in total. The maximum atomic E-state index is 12.7. The molecule has 4 N–H and O–H groups in total. The van der Waals surface area contributed by atoms with Crippen LogP contribution in [0.3, 0.4) is 0 Å². The summed E-state index contributed by atoms with van der Waals surface area (Å²) < 4.78 is 31.8. The molecule has 2 bridgehead atoms. The minimum Gasteiger partial charge on any atom is -0.451 e. The lowest BCUT2D eigenvalue weighted by atomic mass is 9.41. The fourth-order valence-electron chi connectivity index (χ4n) is 14.4. The normalized spacial score (nSPS) is 57.1. The van der Waals surface area contributed by atoms with Crippen molar-refractivity contribution in [1.29, 1.82) is 0 Å². The molecule has 0 aromatic heterocycles. The standard InChI is InChI=1S/C39H60O10/c1-9-10-26(41)47-28-27(42)21(40)18-45-31(28)46-25-13-14-37-19-38(37)16-15-35(7)29-20(2)17-22-30(34(5,6)44)49-39(29,48-22)32(43)36(35,8)24(38)12-11-23(37)33(25,3)4/h9-10,20-25,27-32,40,42-44H,11-19H2,1-8H3. The molecule has 3 aliphatic heterocycles. The van der Waals surface area contributed by atoms with E-state index in [2.05, 4.69) is 34.6 Å². The molecular formula is C39H60O10. The highest BCUT2D eigenvalue weighted by Gasteiger charge is 2.88. The van der Waals surface area contributed by atoms with Crippen LogP contribution in [-0.4, -0.2) is 93.4 Å². The van der Waals surface area contributed by atoms with Gasteiger partial charge in [0.1, 0.15) is 24.4 Å². The molecule has 8 rings (SSSR count). The summed E-state index contributed by atoms with van der Waals surface area (Å²) in [7, 11) is 0. The van der Waals surface area contributed by atoms with Crippen molar-refractivity contribution in [3.8, 4) is 0 Å². The Morgan fingerprint density at radius 1 is 0.959 bits per heavy atom. The van der Waals surface area contributed by atoms with Crippen LogP contribution in [0.4, 0.5) is 0 Å². The Morgan fingerprint density at radius 2 is 1.65 bits per heavy atom. The second-order valence-corrected chi connectivity index (χ2v) is 19.2. The molecule has 17 atom stereocenters. The smallest absolute Gasteiger partial charge is 0.330 e. The Kier molecular flexibility index (Phi) is 7.66. The minimum atomic E-state index is -1.31. The van der Waals surface area contributed by atoms with Crippen molar-refractivity contribution in [2.45, 2.75) is 167 Å². The summed E-state index contributed by atoms with van der Waals surface area (Å²) in [6.45, 7) is 16.9. The summed E-state index contributed by atoms with van der Waals surface area (Å²) >= 11 is 0. The van der Waals surface area contributed by atoms with Crippen LogP contribution in [0, 0.1) is 50.7 Å². The number of carbonyl (C=O) groups excluding carboxylic acids is 1. The Hall–Kier alpha value is -1.11. The van der Waals surface area contributed by atoms with Crippen LogP contribution in [0.1, 0.15) is 107 Å². The zero-order valence-corrected chi connectivity index (χ0v) is 30.7. The summed E-state index contributed by atoms with van der Waals surface area (Å²) in [6.07, 6.45) is 4.55. The number of hydrogen-bond donors (Lipinski definition) is 4. The minimum absolute atomic E-state index is 0.0492. The van der Waals surface area contributed by atoms with Gasteiger partial charge in [-0.15, -0.1) is 0 Å². The third kappa shape index (κ3) is 4.26. The van der Waals surface area contributed by atoms with Crippen molar-refractivity contribution in [3.63, 3.8) is 0 Å². The number of fused-ring (bicyclic) bond motifs is 4. The number of ether oxygens (including phenoxy) is 5. The van der Waals surface area contributed by atoms with Crippen molar-refractivity contribution in [2.24, 2.45) is 50.7 Å². The molecule has 5 aliphatic carbocycles. The van der Waals surface area contributed by atoms with Crippen molar-refractivity contribution in [1.82, 2.24) is 0 Å². The topological polar surface area (TPSA) is 144 Å². The summed E-state index contributed by atoms with van der Waals surface area (Å²) in [6, 6.07) is 0. The maximum absolute atomic E-state index is 12.7. The number of hydrogen-bond acceptors (Lipinski definition) is 10. The Balaban J connectivity index is 1.07. The highest BCUT2D eigenvalue weighted by atomic mass is 16.8. The SMILES string of the molecule is CC=CC(=O)OC1C(OC2CCC34CC35CCC3(C)C6C(C)CC7OC6(OC7C(C)(C)O)C(O)C3(C)C5CCC4C2(C)C)OCC(O)C1O. The average Bonchev–Trinajstić information content (AvgIpc) is 3.53. The molecular weight excluding hydrogens is 628 g/mol. The molecule has 5 saturated carbocycles. The number of rotatable bonds is 5. The van der Waals surface area contributed by atoms with Crippen molar-refractivity contribution < 1.29 is 48.9 Å². The summed E-state index contributed by atoms with van der Waals surface area (Å²) in [5, 5.41) is 45.0. The third-order valence-electron chi connectivity index (χ3n) is 16.4. The first kappa shape index (κ1) is 34.9. The van der Waals surface area contributed by atoms with Gasteiger partial charge >= 0.3 is 5.97 Å². The zero-order valence-electron chi connectivity index (χ0n) is 30.7. The van der Waals surface area contributed by atoms with E-state index < -0.39 is 59.6 Å². The molecule has 0 aromatic carbocycles. The van der Waals surface area contributed by atoms with E-state index in [-0.39, 0.29) is 46.4 Å². The van der Waals surface area contributed by atoms with Crippen LogP contribution in [0.15, 0.2) is 12.2 Å². The quantitative estimate of drug-likeness (QED) is 0.188. The van der Waals surface area contributed by atoms with E-state index in [0.717, 1.165) is 51.4 Å². The largest absolute Gasteiger partial charge is 0.451 e. The first-order valence-electron chi connectivity index (χ1n) is 19.1. The van der Waals surface area contributed by atoms with Crippen LogP contribution < -0.4 is 0 Å². The van der Waals surface area contributed by atoms with Gasteiger partial charge in [-0.2, -0.15) is 0 Å².